The Balaban J connectivity index is 1.38. The molecule has 1 atom stereocenters. The van der Waals surface area contributed by atoms with Crippen molar-refractivity contribution in [2.24, 2.45) is 0 Å². The van der Waals surface area contributed by atoms with Gasteiger partial charge in [0.25, 0.3) is 0 Å². The summed E-state index contributed by atoms with van der Waals surface area (Å²) in [4.78, 5) is 12.6. The van der Waals surface area contributed by atoms with Gasteiger partial charge in [-0.2, -0.15) is 36.5 Å². The van der Waals surface area contributed by atoms with Gasteiger partial charge in [0, 0.05) is 30.6 Å². The molecular formula is C20H22ClF6N5O. The van der Waals surface area contributed by atoms with Gasteiger partial charge in [0.15, 0.2) is 11.4 Å². The zero-order valence-corrected chi connectivity index (χ0v) is 18.4. The van der Waals surface area contributed by atoms with Crippen molar-refractivity contribution < 1.29 is 31.1 Å². The second-order valence-electron chi connectivity index (χ2n) is 8.53. The third kappa shape index (κ3) is 5.15. The van der Waals surface area contributed by atoms with Crippen LogP contribution in [-0.4, -0.2) is 32.0 Å². The number of halogens is 7. The lowest BCUT2D eigenvalue weighted by Crippen LogP contribution is -2.33. The van der Waals surface area contributed by atoms with Gasteiger partial charge in [-0.05, 0) is 45.1 Å². The first kappa shape index (κ1) is 23.9. The molecule has 0 radical (unpaired) electrons. The fourth-order valence-corrected chi connectivity index (χ4v) is 4.17. The molecule has 0 aliphatic heterocycles. The van der Waals surface area contributed by atoms with E-state index < -0.39 is 40.7 Å². The van der Waals surface area contributed by atoms with E-state index in [0.29, 0.717) is 25.0 Å². The van der Waals surface area contributed by atoms with Crippen molar-refractivity contribution >= 4 is 17.5 Å². The van der Waals surface area contributed by atoms with Crippen LogP contribution >= 0.6 is 11.6 Å². The van der Waals surface area contributed by atoms with Crippen molar-refractivity contribution in [3.8, 4) is 0 Å². The maximum atomic E-state index is 13.2. The Morgan fingerprint density at radius 3 is 2.30 bits per heavy atom. The van der Waals surface area contributed by atoms with Crippen molar-refractivity contribution in [3.05, 3.63) is 33.9 Å². The first-order valence-corrected chi connectivity index (χ1v) is 11.0. The Morgan fingerprint density at radius 2 is 1.76 bits per heavy atom. The molecule has 2 aliphatic rings. The third-order valence-electron chi connectivity index (χ3n) is 5.81. The summed E-state index contributed by atoms with van der Waals surface area (Å²) in [5, 5.41) is 9.38. The van der Waals surface area contributed by atoms with E-state index in [-0.39, 0.29) is 30.6 Å². The molecule has 1 unspecified atom stereocenters. The number of carbonyl (C=O) groups is 1. The summed E-state index contributed by atoms with van der Waals surface area (Å²) < 4.78 is 81.0. The van der Waals surface area contributed by atoms with Gasteiger partial charge in [-0.3, -0.25) is 14.2 Å². The highest BCUT2D eigenvalue weighted by molar-refractivity contribution is 6.32. The zero-order chi connectivity index (χ0) is 24.1. The number of rotatable bonds is 8. The summed E-state index contributed by atoms with van der Waals surface area (Å²) in [6.07, 6.45) is -5.99. The first-order chi connectivity index (χ1) is 15.4. The number of amides is 1. The normalized spacial score (nSPS) is 17.9. The Labute approximate surface area is 190 Å². The molecule has 13 heteroatoms. The topological polar surface area (TPSA) is 64.7 Å². The van der Waals surface area contributed by atoms with Crippen molar-refractivity contribution in [3.63, 3.8) is 0 Å². The number of aromatic nitrogens is 4. The second kappa shape index (κ2) is 8.52. The Kier molecular flexibility index (Phi) is 6.17. The molecule has 182 valence electrons. The molecule has 1 amide bonds. The van der Waals surface area contributed by atoms with Crippen molar-refractivity contribution in [1.29, 1.82) is 0 Å². The number of nitrogens with zero attached hydrogens (tertiary/aromatic N) is 4. The molecule has 2 saturated carbocycles. The first-order valence-electron chi connectivity index (χ1n) is 10.7. The molecule has 0 saturated heterocycles. The maximum absolute atomic E-state index is 13.2. The smallest absolute Gasteiger partial charge is 0.354 e. The number of carbonyl (C=O) groups excluding carboxylic acids is 1. The predicted octanol–water partition coefficient (Wildman–Crippen LogP) is 5.29. The number of alkyl halides is 6. The molecular weight excluding hydrogens is 476 g/mol. The van der Waals surface area contributed by atoms with Crippen LogP contribution < -0.4 is 5.32 Å². The molecule has 0 aromatic carbocycles. The number of aryl methyl sites for hydroxylation is 1. The highest BCUT2D eigenvalue weighted by Crippen LogP contribution is 2.47. The van der Waals surface area contributed by atoms with Crippen LogP contribution in [0.4, 0.5) is 26.3 Å². The lowest BCUT2D eigenvalue weighted by atomic mass is 10.2. The van der Waals surface area contributed by atoms with Crippen LogP contribution in [0.5, 0.6) is 0 Å². The van der Waals surface area contributed by atoms with E-state index in [1.807, 2.05) is 0 Å². The summed E-state index contributed by atoms with van der Waals surface area (Å²) in [7, 11) is 0. The summed E-state index contributed by atoms with van der Waals surface area (Å²) in [6.45, 7) is 1.73. The maximum Gasteiger partial charge on any atom is 0.436 e. The van der Waals surface area contributed by atoms with Crippen LogP contribution in [-0.2, 0) is 23.7 Å². The highest BCUT2D eigenvalue weighted by atomic mass is 35.5. The van der Waals surface area contributed by atoms with E-state index in [1.54, 1.807) is 0 Å². The van der Waals surface area contributed by atoms with Gasteiger partial charge < -0.3 is 5.32 Å². The van der Waals surface area contributed by atoms with Gasteiger partial charge in [-0.25, -0.2) is 0 Å². The number of hydrogen-bond acceptors (Lipinski definition) is 3. The average Bonchev–Trinajstić information content (AvgIpc) is 3.64. The van der Waals surface area contributed by atoms with Crippen LogP contribution in [0.25, 0.3) is 0 Å². The van der Waals surface area contributed by atoms with Crippen molar-refractivity contribution in [1.82, 2.24) is 24.9 Å². The number of hydrogen-bond donors (Lipinski definition) is 1. The minimum Gasteiger partial charge on any atom is -0.354 e. The molecule has 6 nitrogen and oxygen atoms in total. The minimum absolute atomic E-state index is 0.0662. The molecule has 2 fully saturated rings. The quantitative estimate of drug-likeness (QED) is 0.398. The molecule has 0 spiro atoms. The molecule has 2 aliphatic carbocycles. The van der Waals surface area contributed by atoms with Crippen molar-refractivity contribution in [2.45, 2.75) is 75.8 Å². The van der Waals surface area contributed by atoms with Gasteiger partial charge in [-0.1, -0.05) is 11.6 Å². The van der Waals surface area contributed by atoms with Gasteiger partial charge in [0.2, 0.25) is 5.91 Å². The Morgan fingerprint density at radius 1 is 1.12 bits per heavy atom. The SMILES string of the molecule is CC(C(=O)NCCCn1nc(C(F)(F)F)cc1C1CC1)n1nc(C(F)(F)F)c(Cl)c1C1CC1. The largest absolute Gasteiger partial charge is 0.436 e. The summed E-state index contributed by atoms with van der Waals surface area (Å²) in [6, 6.07) is 0.0370. The fourth-order valence-electron chi connectivity index (χ4n) is 3.78. The Hall–Kier alpha value is -2.24. The van der Waals surface area contributed by atoms with Crippen LogP contribution in [0.1, 0.15) is 79.7 Å². The van der Waals surface area contributed by atoms with E-state index in [4.69, 9.17) is 11.6 Å². The molecule has 0 bridgehead atoms. The van der Waals surface area contributed by atoms with Gasteiger partial charge in [0.1, 0.15) is 6.04 Å². The van der Waals surface area contributed by atoms with Crippen LogP contribution in [0, 0.1) is 0 Å². The van der Waals surface area contributed by atoms with Gasteiger partial charge in [-0.15, -0.1) is 0 Å². The van der Waals surface area contributed by atoms with E-state index in [1.165, 1.54) is 11.6 Å². The molecule has 33 heavy (non-hydrogen) atoms. The Bertz CT molecular complexity index is 1040. The van der Waals surface area contributed by atoms with E-state index >= 15 is 0 Å². The molecule has 4 rings (SSSR count). The monoisotopic (exact) mass is 497 g/mol. The zero-order valence-electron chi connectivity index (χ0n) is 17.6. The molecule has 1 N–H and O–H groups in total. The van der Waals surface area contributed by atoms with Gasteiger partial charge >= 0.3 is 12.4 Å². The lowest BCUT2D eigenvalue weighted by Gasteiger charge is -2.16. The standard InChI is InChI=1S/C20H22ClF6N5O/c1-10(32-16(12-5-6-12)15(21)17(30-32)20(25,26)27)18(33)28-7-2-8-31-13(11-3-4-11)9-14(29-31)19(22,23)24/h9-12H,2-8H2,1H3,(H,28,33). The fraction of sp³-hybridized carbons (Fsp3) is 0.650. The summed E-state index contributed by atoms with van der Waals surface area (Å²) in [5.74, 6) is -0.653. The van der Waals surface area contributed by atoms with Crippen LogP contribution in [0.15, 0.2) is 6.07 Å². The minimum atomic E-state index is -4.74. The van der Waals surface area contributed by atoms with Crippen LogP contribution in [0.2, 0.25) is 5.02 Å². The molecule has 2 heterocycles. The average molecular weight is 498 g/mol. The van der Waals surface area contributed by atoms with Crippen molar-refractivity contribution in [2.75, 3.05) is 6.54 Å². The molecule has 2 aromatic heterocycles. The third-order valence-corrected chi connectivity index (χ3v) is 6.18. The van der Waals surface area contributed by atoms with E-state index in [0.717, 1.165) is 23.6 Å². The predicted molar refractivity (Wildman–Crippen MR) is 106 cm³/mol. The highest BCUT2D eigenvalue weighted by Gasteiger charge is 2.43. The van der Waals surface area contributed by atoms with Crippen LogP contribution in [0.3, 0.4) is 0 Å². The summed E-state index contributed by atoms with van der Waals surface area (Å²) in [5.41, 5.74) is -1.41. The number of nitrogens with one attached hydrogen (secondary N) is 1. The van der Waals surface area contributed by atoms with E-state index in [9.17, 15) is 31.1 Å². The molecule has 2 aromatic rings. The van der Waals surface area contributed by atoms with Gasteiger partial charge in [0.05, 0.1) is 10.7 Å². The van der Waals surface area contributed by atoms with E-state index in [2.05, 4.69) is 15.5 Å². The lowest BCUT2D eigenvalue weighted by molar-refractivity contribution is -0.142. The second-order valence-corrected chi connectivity index (χ2v) is 8.91. The summed E-state index contributed by atoms with van der Waals surface area (Å²) >= 11 is 5.95.